The van der Waals surface area contributed by atoms with Crippen LogP contribution in [0.25, 0.3) is 10.9 Å². The van der Waals surface area contributed by atoms with E-state index < -0.39 is 0 Å². The third kappa shape index (κ3) is 2.29. The first-order valence-corrected chi connectivity index (χ1v) is 6.27. The minimum atomic E-state index is 0.561. The summed E-state index contributed by atoms with van der Waals surface area (Å²) >= 11 is 0. The van der Waals surface area contributed by atoms with E-state index in [9.17, 15) is 0 Å². The molecule has 0 atom stereocenters. The predicted molar refractivity (Wildman–Crippen MR) is 78.7 cm³/mol. The molecule has 0 unspecified atom stereocenters. The zero-order chi connectivity index (χ0) is 13.9. The number of hydrogen-bond donors (Lipinski definition) is 1. The number of rotatable bonds is 2. The maximum atomic E-state index is 8.78. The molecule has 0 aliphatic carbocycles. The Morgan fingerprint density at radius 1 is 1.00 bits per heavy atom. The van der Waals surface area contributed by atoms with Crippen molar-refractivity contribution in [2.75, 3.05) is 5.32 Å². The second kappa shape index (κ2) is 4.98. The fraction of sp³-hybridized carbons (Fsp3) is 0.0625. The van der Waals surface area contributed by atoms with E-state index >= 15 is 0 Å². The molecule has 0 radical (unpaired) electrons. The van der Waals surface area contributed by atoms with Crippen molar-refractivity contribution in [2.45, 2.75) is 6.92 Å². The molecule has 0 saturated heterocycles. The molecule has 0 fully saturated rings. The average molecular weight is 260 g/mol. The Balaban J connectivity index is 1.96. The zero-order valence-electron chi connectivity index (χ0n) is 11.0. The summed E-state index contributed by atoms with van der Waals surface area (Å²) in [7, 11) is 0. The van der Waals surface area contributed by atoms with Gasteiger partial charge in [0.2, 0.25) is 5.95 Å². The van der Waals surface area contributed by atoms with Crippen LogP contribution in [0.2, 0.25) is 0 Å². The summed E-state index contributed by atoms with van der Waals surface area (Å²) in [6, 6.07) is 17.2. The lowest BCUT2D eigenvalue weighted by Crippen LogP contribution is -1.99. The molecule has 0 aliphatic rings. The maximum absolute atomic E-state index is 8.78. The van der Waals surface area contributed by atoms with Gasteiger partial charge in [-0.25, -0.2) is 9.97 Å². The van der Waals surface area contributed by atoms with Gasteiger partial charge < -0.3 is 5.32 Å². The Hall–Kier alpha value is -2.93. The van der Waals surface area contributed by atoms with Crippen LogP contribution in [-0.2, 0) is 0 Å². The summed E-state index contributed by atoms with van der Waals surface area (Å²) in [4.78, 5) is 8.94. The molecule has 0 spiro atoms. The van der Waals surface area contributed by atoms with Crippen LogP contribution in [0, 0.1) is 18.3 Å². The lowest BCUT2D eigenvalue weighted by atomic mass is 10.2. The van der Waals surface area contributed by atoms with Gasteiger partial charge in [0.25, 0.3) is 0 Å². The van der Waals surface area contributed by atoms with E-state index in [0.717, 1.165) is 22.3 Å². The molecule has 0 bridgehead atoms. The summed E-state index contributed by atoms with van der Waals surface area (Å²) in [5.74, 6) is 0.561. The molecule has 3 aromatic rings. The van der Waals surface area contributed by atoms with Crippen molar-refractivity contribution in [3.63, 3.8) is 0 Å². The minimum absolute atomic E-state index is 0.561. The van der Waals surface area contributed by atoms with Crippen LogP contribution in [0.4, 0.5) is 11.6 Å². The van der Waals surface area contributed by atoms with Crippen molar-refractivity contribution in [2.24, 2.45) is 0 Å². The summed E-state index contributed by atoms with van der Waals surface area (Å²) in [6.07, 6.45) is 0. The van der Waals surface area contributed by atoms with E-state index in [4.69, 9.17) is 5.26 Å². The van der Waals surface area contributed by atoms with Crippen molar-refractivity contribution in [3.8, 4) is 6.07 Å². The highest BCUT2D eigenvalue weighted by atomic mass is 15.1. The van der Waals surface area contributed by atoms with Crippen LogP contribution < -0.4 is 5.32 Å². The van der Waals surface area contributed by atoms with E-state index in [1.807, 2.05) is 43.3 Å². The number of para-hydroxylation sites is 1. The number of nitriles is 1. The highest BCUT2D eigenvalue weighted by Crippen LogP contribution is 2.19. The highest BCUT2D eigenvalue weighted by Gasteiger charge is 2.04. The predicted octanol–water partition coefficient (Wildman–Crippen LogP) is 3.55. The second-order valence-electron chi connectivity index (χ2n) is 4.46. The van der Waals surface area contributed by atoms with Gasteiger partial charge in [-0.1, -0.05) is 18.2 Å². The third-order valence-corrected chi connectivity index (χ3v) is 3.06. The Morgan fingerprint density at radius 3 is 2.50 bits per heavy atom. The number of aryl methyl sites for hydroxylation is 1. The van der Waals surface area contributed by atoms with E-state index in [-0.39, 0.29) is 0 Å². The quantitative estimate of drug-likeness (QED) is 0.765. The molecule has 4 heteroatoms. The molecule has 1 aromatic heterocycles. The Morgan fingerprint density at radius 2 is 1.75 bits per heavy atom. The normalized spacial score (nSPS) is 10.2. The molecule has 20 heavy (non-hydrogen) atoms. The van der Waals surface area contributed by atoms with Gasteiger partial charge in [0.15, 0.2) is 0 Å². The molecule has 0 aliphatic heterocycles. The van der Waals surface area contributed by atoms with Crippen molar-refractivity contribution >= 4 is 22.5 Å². The fourth-order valence-electron chi connectivity index (χ4n) is 2.05. The fourth-order valence-corrected chi connectivity index (χ4v) is 2.05. The average Bonchev–Trinajstić information content (AvgIpc) is 2.48. The molecular formula is C16H12N4. The van der Waals surface area contributed by atoms with Gasteiger partial charge in [0.1, 0.15) is 0 Å². The lowest BCUT2D eigenvalue weighted by Gasteiger charge is -2.07. The summed E-state index contributed by atoms with van der Waals surface area (Å²) < 4.78 is 0. The number of fused-ring (bicyclic) bond motifs is 1. The van der Waals surface area contributed by atoms with Gasteiger partial charge in [-0.05, 0) is 37.3 Å². The Labute approximate surface area is 116 Å². The van der Waals surface area contributed by atoms with Gasteiger partial charge in [0, 0.05) is 11.1 Å². The molecule has 96 valence electrons. The van der Waals surface area contributed by atoms with Crippen LogP contribution in [0.15, 0.2) is 48.5 Å². The van der Waals surface area contributed by atoms with E-state index in [1.54, 1.807) is 12.1 Å². The number of aromatic nitrogens is 2. The molecule has 4 nitrogen and oxygen atoms in total. The van der Waals surface area contributed by atoms with Crippen LogP contribution >= 0.6 is 0 Å². The van der Waals surface area contributed by atoms with Crippen LogP contribution in [-0.4, -0.2) is 9.97 Å². The van der Waals surface area contributed by atoms with Crippen molar-refractivity contribution in [1.29, 1.82) is 5.26 Å². The van der Waals surface area contributed by atoms with Crippen LogP contribution in [0.1, 0.15) is 11.3 Å². The SMILES string of the molecule is Cc1nc(Nc2ccc(C#N)cc2)nc2ccccc12. The minimum Gasteiger partial charge on any atom is -0.324 e. The topological polar surface area (TPSA) is 61.6 Å². The lowest BCUT2D eigenvalue weighted by molar-refractivity contribution is 1.15. The molecule has 3 rings (SSSR count). The number of nitrogens with zero attached hydrogens (tertiary/aromatic N) is 3. The zero-order valence-corrected chi connectivity index (χ0v) is 11.0. The number of benzene rings is 2. The second-order valence-corrected chi connectivity index (χ2v) is 4.46. The first-order chi connectivity index (χ1) is 9.76. The van der Waals surface area contributed by atoms with Crippen LogP contribution in [0.3, 0.4) is 0 Å². The van der Waals surface area contributed by atoms with E-state index in [2.05, 4.69) is 21.4 Å². The van der Waals surface area contributed by atoms with Crippen molar-refractivity contribution in [3.05, 3.63) is 59.8 Å². The first kappa shape index (κ1) is 12.1. The van der Waals surface area contributed by atoms with Gasteiger partial charge >= 0.3 is 0 Å². The van der Waals surface area contributed by atoms with Gasteiger partial charge in [0.05, 0.1) is 22.8 Å². The molecule has 1 heterocycles. The van der Waals surface area contributed by atoms with Gasteiger partial charge in [-0.15, -0.1) is 0 Å². The molecule has 0 amide bonds. The summed E-state index contributed by atoms with van der Waals surface area (Å²) in [5, 5.41) is 13.0. The third-order valence-electron chi connectivity index (χ3n) is 3.06. The molecule has 0 saturated carbocycles. The van der Waals surface area contributed by atoms with Gasteiger partial charge in [-0.3, -0.25) is 0 Å². The Kier molecular flexibility index (Phi) is 3.02. The van der Waals surface area contributed by atoms with Crippen LogP contribution in [0.5, 0.6) is 0 Å². The van der Waals surface area contributed by atoms with E-state index in [0.29, 0.717) is 11.5 Å². The summed E-state index contributed by atoms with van der Waals surface area (Å²) in [5.41, 5.74) is 3.34. The smallest absolute Gasteiger partial charge is 0.228 e. The van der Waals surface area contributed by atoms with Crippen molar-refractivity contribution < 1.29 is 0 Å². The monoisotopic (exact) mass is 260 g/mol. The number of hydrogen-bond acceptors (Lipinski definition) is 4. The van der Waals surface area contributed by atoms with Crippen molar-refractivity contribution in [1.82, 2.24) is 9.97 Å². The first-order valence-electron chi connectivity index (χ1n) is 6.27. The molecule has 1 N–H and O–H groups in total. The summed E-state index contributed by atoms with van der Waals surface area (Å²) in [6.45, 7) is 1.97. The Bertz CT molecular complexity index is 801. The number of nitrogens with one attached hydrogen (secondary N) is 1. The highest BCUT2D eigenvalue weighted by molar-refractivity contribution is 5.82. The standard InChI is InChI=1S/C16H12N4/c1-11-14-4-2-3-5-15(14)20-16(18-11)19-13-8-6-12(10-17)7-9-13/h2-9H,1H3,(H,18,19,20). The number of anilines is 2. The largest absolute Gasteiger partial charge is 0.324 e. The maximum Gasteiger partial charge on any atom is 0.228 e. The molecule has 2 aromatic carbocycles. The van der Waals surface area contributed by atoms with Gasteiger partial charge in [-0.2, -0.15) is 5.26 Å². The van der Waals surface area contributed by atoms with E-state index in [1.165, 1.54) is 0 Å². The molecular weight excluding hydrogens is 248 g/mol.